The second kappa shape index (κ2) is 9.25. The van der Waals surface area contributed by atoms with E-state index in [1.807, 2.05) is 13.8 Å². The van der Waals surface area contributed by atoms with Gasteiger partial charge in [0.05, 0.1) is 19.0 Å². The smallest absolute Gasteiger partial charge is 0.274 e. The van der Waals surface area contributed by atoms with Crippen LogP contribution in [0.4, 0.5) is 5.82 Å². The van der Waals surface area contributed by atoms with Crippen molar-refractivity contribution in [3.05, 3.63) is 18.1 Å². The van der Waals surface area contributed by atoms with Crippen molar-refractivity contribution in [2.45, 2.75) is 27.2 Å². The van der Waals surface area contributed by atoms with E-state index in [4.69, 9.17) is 4.74 Å². The number of hydrogen-bond acceptors (Lipinski definition) is 5. The first-order valence-corrected chi connectivity index (χ1v) is 7.15. The average Bonchev–Trinajstić information content (AvgIpc) is 2.49. The molecule has 0 saturated carbocycles. The number of aromatic nitrogens is 2. The van der Waals surface area contributed by atoms with Crippen LogP contribution < -0.4 is 5.32 Å². The Bertz CT molecular complexity index is 412. The lowest BCUT2D eigenvalue weighted by molar-refractivity contribution is 0.0663. The highest BCUT2D eigenvalue weighted by atomic mass is 16.5. The summed E-state index contributed by atoms with van der Waals surface area (Å²) in [6, 6.07) is 0. The molecule has 20 heavy (non-hydrogen) atoms. The van der Waals surface area contributed by atoms with Crippen LogP contribution in [0.1, 0.15) is 37.7 Å². The van der Waals surface area contributed by atoms with Gasteiger partial charge in [-0.1, -0.05) is 6.92 Å². The molecular weight excluding hydrogens is 256 g/mol. The number of likely N-dealkylation sites (N-methyl/N-ethyl adjacent to an activating group) is 1. The average molecular weight is 280 g/mol. The first-order chi connectivity index (χ1) is 9.72. The molecule has 0 aromatic carbocycles. The van der Waals surface area contributed by atoms with E-state index in [1.54, 1.807) is 11.1 Å². The number of carbonyl (C=O) groups excluding carboxylic acids is 1. The van der Waals surface area contributed by atoms with E-state index < -0.39 is 0 Å². The number of amides is 1. The van der Waals surface area contributed by atoms with Crippen molar-refractivity contribution in [1.29, 1.82) is 0 Å². The van der Waals surface area contributed by atoms with Crippen molar-refractivity contribution in [2.24, 2.45) is 0 Å². The number of carbonyl (C=O) groups is 1. The maximum Gasteiger partial charge on any atom is 0.274 e. The molecule has 1 N–H and O–H groups in total. The summed E-state index contributed by atoms with van der Waals surface area (Å²) in [5, 5.41) is 3.13. The molecule has 6 heteroatoms. The van der Waals surface area contributed by atoms with Crippen molar-refractivity contribution in [2.75, 3.05) is 38.2 Å². The predicted molar refractivity (Wildman–Crippen MR) is 78.9 cm³/mol. The van der Waals surface area contributed by atoms with Gasteiger partial charge in [-0.05, 0) is 20.3 Å². The van der Waals surface area contributed by atoms with Gasteiger partial charge < -0.3 is 15.0 Å². The van der Waals surface area contributed by atoms with Crippen molar-refractivity contribution >= 4 is 11.7 Å². The standard InChI is InChI=1S/C14H24N4O2/c1-4-7-16-13-11-15-10-12(17-13)14(19)18(5-2)8-9-20-6-3/h10-11H,4-9H2,1-3H3,(H,16,17). The van der Waals surface area contributed by atoms with E-state index in [2.05, 4.69) is 22.2 Å². The summed E-state index contributed by atoms with van der Waals surface area (Å²) in [6.45, 7) is 9.15. The van der Waals surface area contributed by atoms with E-state index >= 15 is 0 Å². The van der Waals surface area contributed by atoms with Gasteiger partial charge in [0.15, 0.2) is 0 Å². The highest BCUT2D eigenvalue weighted by molar-refractivity contribution is 5.92. The van der Waals surface area contributed by atoms with Crippen LogP contribution in [0.3, 0.4) is 0 Å². The van der Waals surface area contributed by atoms with E-state index in [-0.39, 0.29) is 5.91 Å². The number of rotatable bonds is 9. The minimum absolute atomic E-state index is 0.111. The molecule has 1 amide bonds. The normalized spacial score (nSPS) is 10.3. The fourth-order valence-corrected chi connectivity index (χ4v) is 1.69. The Balaban J connectivity index is 2.68. The summed E-state index contributed by atoms with van der Waals surface area (Å²) in [5.74, 6) is 0.526. The second-order valence-electron chi connectivity index (χ2n) is 4.30. The minimum atomic E-state index is -0.111. The molecule has 1 rings (SSSR count). The molecule has 0 bridgehead atoms. The Kier molecular flexibility index (Phi) is 7.57. The Morgan fingerprint density at radius 3 is 2.80 bits per heavy atom. The number of ether oxygens (including phenoxy) is 1. The molecule has 112 valence electrons. The molecule has 0 unspecified atom stereocenters. The van der Waals surface area contributed by atoms with E-state index in [1.165, 1.54) is 6.20 Å². The molecule has 0 aliphatic heterocycles. The summed E-state index contributed by atoms with van der Waals surface area (Å²) in [5.41, 5.74) is 0.365. The Morgan fingerprint density at radius 2 is 2.15 bits per heavy atom. The molecule has 1 heterocycles. The highest BCUT2D eigenvalue weighted by Gasteiger charge is 2.16. The van der Waals surface area contributed by atoms with Crippen LogP contribution in [-0.2, 0) is 4.74 Å². The first-order valence-electron chi connectivity index (χ1n) is 7.15. The maximum absolute atomic E-state index is 12.3. The van der Waals surface area contributed by atoms with Gasteiger partial charge in [0, 0.05) is 26.2 Å². The minimum Gasteiger partial charge on any atom is -0.380 e. The zero-order valence-electron chi connectivity index (χ0n) is 12.6. The summed E-state index contributed by atoms with van der Waals surface area (Å²) >= 11 is 0. The van der Waals surface area contributed by atoms with Crippen LogP contribution in [0, 0.1) is 0 Å². The molecular formula is C14H24N4O2. The first kappa shape index (κ1) is 16.4. The molecule has 0 fully saturated rings. The van der Waals surface area contributed by atoms with Crippen LogP contribution in [0.2, 0.25) is 0 Å². The monoisotopic (exact) mass is 280 g/mol. The molecule has 0 aliphatic carbocycles. The second-order valence-corrected chi connectivity index (χ2v) is 4.30. The largest absolute Gasteiger partial charge is 0.380 e. The molecule has 0 saturated heterocycles. The summed E-state index contributed by atoms with van der Waals surface area (Å²) in [6.07, 6.45) is 4.13. The van der Waals surface area contributed by atoms with Gasteiger partial charge in [-0.3, -0.25) is 9.78 Å². The lowest BCUT2D eigenvalue weighted by Crippen LogP contribution is -2.34. The fraction of sp³-hybridized carbons (Fsp3) is 0.643. The lowest BCUT2D eigenvalue weighted by Gasteiger charge is -2.20. The van der Waals surface area contributed by atoms with Gasteiger partial charge in [-0.15, -0.1) is 0 Å². The zero-order chi connectivity index (χ0) is 14.8. The summed E-state index contributed by atoms with van der Waals surface area (Å²) < 4.78 is 5.29. The van der Waals surface area contributed by atoms with Crippen LogP contribution in [0.5, 0.6) is 0 Å². The Morgan fingerprint density at radius 1 is 1.35 bits per heavy atom. The van der Waals surface area contributed by atoms with Gasteiger partial charge >= 0.3 is 0 Å². The number of nitrogens with zero attached hydrogens (tertiary/aromatic N) is 3. The SMILES string of the molecule is CCCNc1cncc(C(=O)N(CC)CCOCC)n1. The van der Waals surface area contributed by atoms with Gasteiger partial charge in [-0.25, -0.2) is 4.98 Å². The van der Waals surface area contributed by atoms with Crippen LogP contribution in [0.25, 0.3) is 0 Å². The van der Waals surface area contributed by atoms with Crippen LogP contribution in [-0.4, -0.2) is 53.6 Å². The summed E-state index contributed by atoms with van der Waals surface area (Å²) in [4.78, 5) is 22.4. The number of hydrogen-bond donors (Lipinski definition) is 1. The summed E-state index contributed by atoms with van der Waals surface area (Å²) in [7, 11) is 0. The molecule has 0 spiro atoms. The van der Waals surface area contributed by atoms with E-state index in [9.17, 15) is 4.79 Å². The maximum atomic E-state index is 12.3. The molecule has 0 atom stereocenters. The molecule has 1 aromatic rings. The van der Waals surface area contributed by atoms with Crippen molar-refractivity contribution < 1.29 is 9.53 Å². The van der Waals surface area contributed by atoms with Crippen molar-refractivity contribution in [1.82, 2.24) is 14.9 Å². The third-order valence-corrected chi connectivity index (χ3v) is 2.79. The van der Waals surface area contributed by atoms with Crippen molar-refractivity contribution in [3.63, 3.8) is 0 Å². The van der Waals surface area contributed by atoms with Crippen LogP contribution in [0.15, 0.2) is 12.4 Å². The van der Waals surface area contributed by atoms with E-state index in [0.717, 1.165) is 13.0 Å². The molecule has 0 radical (unpaired) electrons. The molecule has 0 aliphatic rings. The molecule has 1 aromatic heterocycles. The van der Waals surface area contributed by atoms with Gasteiger partial charge in [0.1, 0.15) is 11.5 Å². The number of anilines is 1. The quantitative estimate of drug-likeness (QED) is 0.699. The van der Waals surface area contributed by atoms with Gasteiger partial charge in [0.2, 0.25) is 0 Å². The Hall–Kier alpha value is -1.69. The Labute approximate surface area is 120 Å². The van der Waals surface area contributed by atoms with Gasteiger partial charge in [0.25, 0.3) is 5.91 Å². The van der Waals surface area contributed by atoms with E-state index in [0.29, 0.717) is 37.8 Å². The fourth-order valence-electron chi connectivity index (χ4n) is 1.69. The van der Waals surface area contributed by atoms with Gasteiger partial charge in [-0.2, -0.15) is 0 Å². The molecule has 6 nitrogen and oxygen atoms in total. The lowest BCUT2D eigenvalue weighted by atomic mass is 10.3. The zero-order valence-corrected chi connectivity index (χ0v) is 12.6. The third-order valence-electron chi connectivity index (χ3n) is 2.79. The third kappa shape index (κ3) is 5.13. The highest BCUT2D eigenvalue weighted by Crippen LogP contribution is 2.06. The van der Waals surface area contributed by atoms with Crippen LogP contribution >= 0.6 is 0 Å². The van der Waals surface area contributed by atoms with Crippen molar-refractivity contribution in [3.8, 4) is 0 Å². The topological polar surface area (TPSA) is 67.4 Å². The predicted octanol–water partition coefficient (Wildman–Crippen LogP) is 1.80. The number of nitrogens with one attached hydrogen (secondary N) is 1.